The second-order valence-corrected chi connectivity index (χ2v) is 4.81. The predicted molar refractivity (Wildman–Crippen MR) is 60.1 cm³/mol. The molecule has 0 unspecified atom stereocenters. The van der Waals surface area contributed by atoms with Crippen molar-refractivity contribution in [1.29, 1.82) is 0 Å². The molecule has 2 fully saturated rings. The number of ether oxygens (including phenoxy) is 2. The summed E-state index contributed by atoms with van der Waals surface area (Å²) in [5.74, 6) is 0.478. The van der Waals surface area contributed by atoms with Crippen molar-refractivity contribution in [2.75, 3.05) is 14.2 Å². The van der Waals surface area contributed by atoms with Gasteiger partial charge in [-0.2, -0.15) is 0 Å². The van der Waals surface area contributed by atoms with Crippen LogP contribution in [0.5, 0.6) is 0 Å². The number of hydrogen-bond donors (Lipinski definition) is 1. The Balaban J connectivity index is 1.85. The van der Waals surface area contributed by atoms with Gasteiger partial charge in [0.2, 0.25) is 5.91 Å². The van der Waals surface area contributed by atoms with Crippen LogP contribution in [0.25, 0.3) is 0 Å². The maximum atomic E-state index is 12.0. The van der Waals surface area contributed by atoms with Crippen LogP contribution in [0.2, 0.25) is 0 Å². The molecule has 0 radical (unpaired) electrons. The molecule has 2 aliphatic rings. The van der Waals surface area contributed by atoms with E-state index < -0.39 is 0 Å². The molecule has 0 aromatic rings. The Morgan fingerprint density at radius 2 is 2.00 bits per heavy atom. The first-order chi connectivity index (χ1) is 7.76. The lowest BCUT2D eigenvalue weighted by Crippen LogP contribution is -2.46. The van der Waals surface area contributed by atoms with E-state index in [-0.39, 0.29) is 24.2 Å². The molecule has 2 aliphatic carbocycles. The summed E-state index contributed by atoms with van der Waals surface area (Å²) >= 11 is 0. The molecule has 2 saturated carbocycles. The summed E-state index contributed by atoms with van der Waals surface area (Å²) in [6, 6.07) is 0.175. The van der Waals surface area contributed by atoms with Crippen LogP contribution in [0.4, 0.5) is 0 Å². The fraction of sp³-hybridized carbons (Fsp3) is 0.917. The number of methoxy groups -OCH3 is 2. The summed E-state index contributed by atoms with van der Waals surface area (Å²) in [5, 5.41) is 3.06. The van der Waals surface area contributed by atoms with Crippen molar-refractivity contribution >= 4 is 5.91 Å². The van der Waals surface area contributed by atoms with E-state index in [1.807, 2.05) is 0 Å². The van der Waals surface area contributed by atoms with Crippen LogP contribution < -0.4 is 5.32 Å². The molecule has 0 aromatic carbocycles. The highest BCUT2D eigenvalue weighted by molar-refractivity contribution is 5.81. The molecule has 0 aromatic heterocycles. The van der Waals surface area contributed by atoms with Gasteiger partial charge >= 0.3 is 0 Å². The Hall–Kier alpha value is -0.610. The van der Waals surface area contributed by atoms with Gasteiger partial charge in [0.05, 0.1) is 12.1 Å². The van der Waals surface area contributed by atoms with Crippen molar-refractivity contribution in [3.05, 3.63) is 0 Å². The van der Waals surface area contributed by atoms with Crippen LogP contribution in [0, 0.1) is 5.92 Å². The minimum Gasteiger partial charge on any atom is -0.379 e. The lowest BCUT2D eigenvalue weighted by atomic mass is 10.1. The summed E-state index contributed by atoms with van der Waals surface area (Å²) in [5.41, 5.74) is 0. The van der Waals surface area contributed by atoms with Crippen LogP contribution in [0.3, 0.4) is 0 Å². The number of hydrogen-bond acceptors (Lipinski definition) is 3. The zero-order chi connectivity index (χ0) is 11.5. The second kappa shape index (κ2) is 5.15. The maximum absolute atomic E-state index is 12.0. The minimum atomic E-state index is -0.252. The van der Waals surface area contributed by atoms with Crippen molar-refractivity contribution in [2.24, 2.45) is 5.92 Å². The predicted octanol–water partition coefficient (Wildman–Crippen LogP) is 1.10. The second-order valence-electron chi connectivity index (χ2n) is 4.81. The van der Waals surface area contributed by atoms with E-state index in [2.05, 4.69) is 5.32 Å². The van der Waals surface area contributed by atoms with Crippen molar-refractivity contribution in [3.8, 4) is 0 Å². The Morgan fingerprint density at radius 3 is 2.56 bits per heavy atom. The average molecular weight is 227 g/mol. The van der Waals surface area contributed by atoms with Gasteiger partial charge in [-0.05, 0) is 38.0 Å². The zero-order valence-electron chi connectivity index (χ0n) is 10.1. The van der Waals surface area contributed by atoms with Crippen LogP contribution in [0.15, 0.2) is 0 Å². The van der Waals surface area contributed by atoms with E-state index in [9.17, 15) is 4.79 Å². The molecule has 1 amide bonds. The lowest BCUT2D eigenvalue weighted by Gasteiger charge is -2.22. The Kier molecular flexibility index (Phi) is 3.82. The molecule has 4 nitrogen and oxygen atoms in total. The average Bonchev–Trinajstić information content (AvgIpc) is 3.00. The Labute approximate surface area is 96.7 Å². The van der Waals surface area contributed by atoms with Gasteiger partial charge in [-0.25, -0.2) is 0 Å². The van der Waals surface area contributed by atoms with Crippen molar-refractivity contribution in [2.45, 2.75) is 50.4 Å². The van der Waals surface area contributed by atoms with Crippen LogP contribution >= 0.6 is 0 Å². The van der Waals surface area contributed by atoms with Gasteiger partial charge in [-0.15, -0.1) is 0 Å². The highest BCUT2D eigenvalue weighted by atomic mass is 16.5. The van der Waals surface area contributed by atoms with E-state index in [0.717, 1.165) is 32.1 Å². The van der Waals surface area contributed by atoms with Crippen LogP contribution in [-0.4, -0.2) is 38.4 Å². The van der Waals surface area contributed by atoms with E-state index in [0.29, 0.717) is 5.92 Å². The quantitative estimate of drug-likeness (QED) is 0.765. The SMILES string of the molecule is CO[C@H](C(=O)N[C@H]1CCC[C@H]1OC)C1CC1. The summed E-state index contributed by atoms with van der Waals surface area (Å²) in [7, 11) is 3.33. The zero-order valence-corrected chi connectivity index (χ0v) is 10.1. The Bertz CT molecular complexity index is 253. The molecule has 0 heterocycles. The van der Waals surface area contributed by atoms with E-state index in [1.165, 1.54) is 0 Å². The first-order valence-corrected chi connectivity index (χ1v) is 6.12. The molecular weight excluding hydrogens is 206 g/mol. The molecule has 3 atom stereocenters. The molecule has 2 rings (SSSR count). The largest absolute Gasteiger partial charge is 0.379 e. The molecule has 16 heavy (non-hydrogen) atoms. The van der Waals surface area contributed by atoms with Gasteiger partial charge in [-0.1, -0.05) is 0 Å². The maximum Gasteiger partial charge on any atom is 0.249 e. The number of carbonyl (C=O) groups is 1. The van der Waals surface area contributed by atoms with Gasteiger partial charge in [0.1, 0.15) is 6.10 Å². The summed E-state index contributed by atoms with van der Waals surface area (Å²) in [6.07, 6.45) is 5.35. The van der Waals surface area contributed by atoms with E-state index in [1.54, 1.807) is 14.2 Å². The molecule has 0 bridgehead atoms. The van der Waals surface area contributed by atoms with Crippen molar-refractivity contribution < 1.29 is 14.3 Å². The summed E-state index contributed by atoms with van der Waals surface area (Å²) in [6.45, 7) is 0. The third kappa shape index (κ3) is 2.55. The van der Waals surface area contributed by atoms with Gasteiger partial charge in [-0.3, -0.25) is 4.79 Å². The summed E-state index contributed by atoms with van der Waals surface area (Å²) < 4.78 is 10.6. The van der Waals surface area contributed by atoms with Crippen molar-refractivity contribution in [1.82, 2.24) is 5.32 Å². The lowest BCUT2D eigenvalue weighted by molar-refractivity contribution is -0.133. The third-order valence-corrected chi connectivity index (χ3v) is 3.65. The van der Waals surface area contributed by atoms with Crippen molar-refractivity contribution in [3.63, 3.8) is 0 Å². The first kappa shape index (κ1) is 11.9. The third-order valence-electron chi connectivity index (χ3n) is 3.65. The van der Waals surface area contributed by atoms with Gasteiger partial charge in [0.15, 0.2) is 0 Å². The highest BCUT2D eigenvalue weighted by Gasteiger charge is 2.38. The molecule has 4 heteroatoms. The molecule has 0 spiro atoms. The first-order valence-electron chi connectivity index (χ1n) is 6.12. The monoisotopic (exact) mass is 227 g/mol. The van der Waals surface area contributed by atoms with Gasteiger partial charge in [0, 0.05) is 14.2 Å². The molecule has 0 saturated heterocycles. The van der Waals surface area contributed by atoms with Gasteiger partial charge < -0.3 is 14.8 Å². The number of rotatable bonds is 5. The molecular formula is C12H21NO3. The molecule has 0 aliphatic heterocycles. The number of carbonyl (C=O) groups excluding carboxylic acids is 1. The molecule has 1 N–H and O–H groups in total. The van der Waals surface area contributed by atoms with Crippen LogP contribution in [0.1, 0.15) is 32.1 Å². The number of amides is 1. The minimum absolute atomic E-state index is 0.0407. The molecule has 92 valence electrons. The van der Waals surface area contributed by atoms with E-state index >= 15 is 0 Å². The fourth-order valence-electron chi connectivity index (χ4n) is 2.55. The van der Waals surface area contributed by atoms with Crippen LogP contribution in [-0.2, 0) is 14.3 Å². The fourth-order valence-corrected chi connectivity index (χ4v) is 2.55. The normalized spacial score (nSPS) is 31.4. The number of nitrogens with one attached hydrogen (secondary N) is 1. The van der Waals surface area contributed by atoms with E-state index in [4.69, 9.17) is 9.47 Å². The smallest absolute Gasteiger partial charge is 0.249 e. The van der Waals surface area contributed by atoms with Gasteiger partial charge in [0.25, 0.3) is 0 Å². The summed E-state index contributed by atoms with van der Waals surface area (Å²) in [4.78, 5) is 12.0. The standard InChI is InChI=1S/C12H21NO3/c1-15-10-5-3-4-9(10)13-12(14)11(16-2)8-6-7-8/h8-11H,3-7H2,1-2H3,(H,13,14)/t9-,10+,11-/m0/s1. The topological polar surface area (TPSA) is 47.6 Å². The Morgan fingerprint density at radius 1 is 1.25 bits per heavy atom. The highest BCUT2D eigenvalue weighted by Crippen LogP contribution is 2.34.